The Morgan fingerprint density at radius 3 is 0.657 bits per heavy atom. The zero-order valence-electron chi connectivity index (χ0n) is 25.2. The minimum absolute atomic E-state index is 0.718. The highest BCUT2D eigenvalue weighted by Crippen LogP contribution is 2.19. The molecular weight excluding hydrogens is 420 g/mol. The molecule has 0 aromatic heterocycles. The Kier molecular flexibility index (Phi) is 32.0. The van der Waals surface area contributed by atoms with Gasteiger partial charge in [-0.25, -0.2) is 0 Å². The molecule has 0 aliphatic heterocycles. The monoisotopic (exact) mass is 492 g/mol. The standard InChI is InChI=1S/C35H71/c1-4-6-8-10-12-14-15-16-17-18-19-20-21-22-23-24-26-28-30-32-34-35(3)33-31-29-27-25-13-11-9-7-5-2/h35H,3-34H2,1-2H3. The van der Waals surface area contributed by atoms with Crippen molar-refractivity contribution in [1.29, 1.82) is 0 Å². The maximum Gasteiger partial charge on any atom is -0.0414 e. The SMILES string of the molecule is [CH2]C(CCCCCCCCCCC)CCCCCCCCCCCCCCCCCCCCCC. The second-order valence-corrected chi connectivity index (χ2v) is 12.0. The smallest absolute Gasteiger partial charge is 0.0414 e. The number of rotatable bonds is 31. The van der Waals surface area contributed by atoms with Crippen LogP contribution in [0, 0.1) is 12.8 Å². The summed E-state index contributed by atoms with van der Waals surface area (Å²) in [5.74, 6) is 0.718. The molecule has 0 aliphatic rings. The first kappa shape index (κ1) is 35.0. The Morgan fingerprint density at radius 1 is 0.286 bits per heavy atom. The molecule has 0 heterocycles. The van der Waals surface area contributed by atoms with E-state index in [2.05, 4.69) is 20.8 Å². The molecule has 1 atom stereocenters. The Hall–Kier alpha value is 0. The molecule has 1 radical (unpaired) electrons. The zero-order chi connectivity index (χ0) is 25.5. The fourth-order valence-corrected chi connectivity index (χ4v) is 5.58. The summed E-state index contributed by atoms with van der Waals surface area (Å²) in [6.07, 6.45) is 45.1. The van der Waals surface area contributed by atoms with Crippen molar-refractivity contribution >= 4 is 0 Å². The minimum atomic E-state index is 0.718. The van der Waals surface area contributed by atoms with Gasteiger partial charge in [-0.05, 0) is 5.92 Å². The first-order valence-corrected chi connectivity index (χ1v) is 17.1. The second-order valence-electron chi connectivity index (χ2n) is 12.0. The van der Waals surface area contributed by atoms with E-state index in [-0.39, 0.29) is 0 Å². The van der Waals surface area contributed by atoms with Crippen LogP contribution in [-0.4, -0.2) is 0 Å². The molecule has 0 N–H and O–H groups in total. The summed E-state index contributed by atoms with van der Waals surface area (Å²) in [7, 11) is 0. The molecule has 0 aromatic carbocycles. The highest BCUT2D eigenvalue weighted by Gasteiger charge is 2.02. The third kappa shape index (κ3) is 32.0. The summed E-state index contributed by atoms with van der Waals surface area (Å²) in [5, 5.41) is 0. The van der Waals surface area contributed by atoms with Gasteiger partial charge in [0.2, 0.25) is 0 Å². The van der Waals surface area contributed by atoms with E-state index in [0.29, 0.717) is 0 Å². The van der Waals surface area contributed by atoms with Gasteiger partial charge >= 0.3 is 0 Å². The van der Waals surface area contributed by atoms with Crippen molar-refractivity contribution < 1.29 is 0 Å². The van der Waals surface area contributed by atoms with Gasteiger partial charge in [0.15, 0.2) is 0 Å². The highest BCUT2D eigenvalue weighted by molar-refractivity contribution is 4.62. The fourth-order valence-electron chi connectivity index (χ4n) is 5.58. The largest absolute Gasteiger partial charge is 0.0654 e. The highest BCUT2D eigenvalue weighted by atomic mass is 14.1. The van der Waals surface area contributed by atoms with Crippen LogP contribution in [0.2, 0.25) is 0 Å². The van der Waals surface area contributed by atoms with Crippen LogP contribution < -0.4 is 0 Å². The van der Waals surface area contributed by atoms with Crippen molar-refractivity contribution in [2.45, 2.75) is 213 Å². The van der Waals surface area contributed by atoms with Crippen LogP contribution in [0.1, 0.15) is 213 Å². The third-order valence-corrected chi connectivity index (χ3v) is 8.18. The lowest BCUT2D eigenvalue weighted by Crippen LogP contribution is -1.95. The van der Waals surface area contributed by atoms with Crippen LogP contribution in [0.4, 0.5) is 0 Å². The van der Waals surface area contributed by atoms with Gasteiger partial charge in [0, 0.05) is 0 Å². The predicted octanol–water partition coefficient (Wildman–Crippen LogP) is 13.6. The Labute approximate surface area is 225 Å². The molecule has 0 bridgehead atoms. The van der Waals surface area contributed by atoms with Crippen LogP contribution in [0.5, 0.6) is 0 Å². The number of unbranched alkanes of at least 4 members (excludes halogenated alkanes) is 27. The molecule has 1 unspecified atom stereocenters. The lowest BCUT2D eigenvalue weighted by atomic mass is 9.95. The molecule has 0 saturated carbocycles. The second kappa shape index (κ2) is 32.0. The quantitative estimate of drug-likeness (QED) is 0.0845. The van der Waals surface area contributed by atoms with Gasteiger partial charge in [-0.3, -0.25) is 0 Å². The molecule has 0 saturated heterocycles. The van der Waals surface area contributed by atoms with E-state index in [1.165, 1.54) is 199 Å². The average molecular weight is 492 g/mol. The number of hydrogen-bond acceptors (Lipinski definition) is 0. The van der Waals surface area contributed by atoms with E-state index >= 15 is 0 Å². The normalized spacial score (nSPS) is 12.4. The van der Waals surface area contributed by atoms with Gasteiger partial charge in [0.05, 0.1) is 0 Å². The van der Waals surface area contributed by atoms with Crippen molar-refractivity contribution in [3.05, 3.63) is 6.92 Å². The molecule has 0 nitrogen and oxygen atoms in total. The maximum absolute atomic E-state index is 4.43. The molecule has 0 aliphatic carbocycles. The van der Waals surface area contributed by atoms with Crippen molar-refractivity contribution in [2.24, 2.45) is 5.92 Å². The minimum Gasteiger partial charge on any atom is -0.0654 e. The van der Waals surface area contributed by atoms with Crippen LogP contribution in [0.25, 0.3) is 0 Å². The first-order chi connectivity index (χ1) is 17.3. The van der Waals surface area contributed by atoms with Crippen molar-refractivity contribution in [3.8, 4) is 0 Å². The molecule has 0 rings (SSSR count). The van der Waals surface area contributed by atoms with Crippen molar-refractivity contribution in [2.75, 3.05) is 0 Å². The fraction of sp³-hybridized carbons (Fsp3) is 0.971. The molecule has 211 valence electrons. The van der Waals surface area contributed by atoms with Gasteiger partial charge in [0.1, 0.15) is 0 Å². The van der Waals surface area contributed by atoms with Gasteiger partial charge in [0.25, 0.3) is 0 Å². The first-order valence-electron chi connectivity index (χ1n) is 17.1. The summed E-state index contributed by atoms with van der Waals surface area (Å²) in [6, 6.07) is 0. The van der Waals surface area contributed by atoms with Crippen LogP contribution >= 0.6 is 0 Å². The Balaban J connectivity index is 3.11. The van der Waals surface area contributed by atoms with E-state index < -0.39 is 0 Å². The van der Waals surface area contributed by atoms with E-state index in [0.717, 1.165) is 5.92 Å². The molecule has 0 spiro atoms. The Morgan fingerprint density at radius 2 is 0.457 bits per heavy atom. The van der Waals surface area contributed by atoms with E-state index in [4.69, 9.17) is 0 Å². The van der Waals surface area contributed by atoms with Crippen molar-refractivity contribution in [3.63, 3.8) is 0 Å². The lowest BCUT2D eigenvalue weighted by Gasteiger charge is -2.11. The summed E-state index contributed by atoms with van der Waals surface area (Å²) in [6.45, 7) is 9.03. The lowest BCUT2D eigenvalue weighted by molar-refractivity contribution is 0.459. The van der Waals surface area contributed by atoms with Gasteiger partial charge in [-0.15, -0.1) is 0 Å². The van der Waals surface area contributed by atoms with Crippen LogP contribution in [0.15, 0.2) is 0 Å². The summed E-state index contributed by atoms with van der Waals surface area (Å²) >= 11 is 0. The zero-order valence-corrected chi connectivity index (χ0v) is 25.2. The number of hydrogen-bond donors (Lipinski definition) is 0. The molecule has 0 heteroatoms. The molecular formula is C35H71. The molecule has 35 heavy (non-hydrogen) atoms. The van der Waals surface area contributed by atoms with E-state index in [1.807, 2.05) is 0 Å². The van der Waals surface area contributed by atoms with Crippen LogP contribution in [0.3, 0.4) is 0 Å². The molecule has 0 fully saturated rings. The predicted molar refractivity (Wildman–Crippen MR) is 163 cm³/mol. The summed E-state index contributed by atoms with van der Waals surface area (Å²) in [5.41, 5.74) is 0. The van der Waals surface area contributed by atoms with E-state index in [1.54, 1.807) is 0 Å². The van der Waals surface area contributed by atoms with Gasteiger partial charge in [-0.1, -0.05) is 220 Å². The Bertz CT molecular complexity index is 346. The van der Waals surface area contributed by atoms with Crippen LogP contribution in [-0.2, 0) is 0 Å². The third-order valence-electron chi connectivity index (χ3n) is 8.18. The molecule has 0 aromatic rings. The summed E-state index contributed by atoms with van der Waals surface area (Å²) in [4.78, 5) is 0. The average Bonchev–Trinajstić information content (AvgIpc) is 2.86. The topological polar surface area (TPSA) is 0 Å². The van der Waals surface area contributed by atoms with Crippen molar-refractivity contribution in [1.82, 2.24) is 0 Å². The summed E-state index contributed by atoms with van der Waals surface area (Å²) < 4.78 is 0. The molecule has 0 amide bonds. The van der Waals surface area contributed by atoms with E-state index in [9.17, 15) is 0 Å². The van der Waals surface area contributed by atoms with Gasteiger partial charge in [-0.2, -0.15) is 0 Å². The maximum atomic E-state index is 4.43. The van der Waals surface area contributed by atoms with Gasteiger partial charge < -0.3 is 0 Å².